The molecule has 0 aliphatic heterocycles. The van der Waals surface area contributed by atoms with Crippen molar-refractivity contribution in [3.05, 3.63) is 23.3 Å². The van der Waals surface area contributed by atoms with Gasteiger partial charge in [0.2, 0.25) is 5.91 Å². The van der Waals surface area contributed by atoms with E-state index in [1.54, 1.807) is 7.11 Å². The molecule has 0 saturated carbocycles. The van der Waals surface area contributed by atoms with Crippen LogP contribution in [0.5, 0.6) is 5.75 Å². The van der Waals surface area contributed by atoms with Gasteiger partial charge in [-0.1, -0.05) is 19.9 Å². The Labute approximate surface area is 121 Å². The van der Waals surface area contributed by atoms with E-state index in [1.807, 2.05) is 26.0 Å². The van der Waals surface area contributed by atoms with Crippen molar-refractivity contribution in [3.63, 3.8) is 0 Å². The van der Waals surface area contributed by atoms with E-state index >= 15 is 0 Å². The fourth-order valence-corrected chi connectivity index (χ4v) is 2.39. The van der Waals surface area contributed by atoms with Crippen molar-refractivity contribution in [2.24, 2.45) is 17.6 Å². The molecule has 1 rings (SSSR count). The summed E-state index contributed by atoms with van der Waals surface area (Å²) in [4.78, 5) is 12.3. The molecule has 1 unspecified atom stereocenters. The molecule has 1 amide bonds. The molecule has 0 aliphatic rings. The SMILES string of the molecule is COc1c(C)ccc(NC(=O)C(CN)CC(C)C)c1C. The molecule has 1 aromatic rings. The van der Waals surface area contributed by atoms with Crippen LogP contribution in [0.1, 0.15) is 31.4 Å². The smallest absolute Gasteiger partial charge is 0.228 e. The highest BCUT2D eigenvalue weighted by Crippen LogP contribution is 2.29. The lowest BCUT2D eigenvalue weighted by atomic mass is 9.96. The lowest BCUT2D eigenvalue weighted by molar-refractivity contribution is -0.120. The van der Waals surface area contributed by atoms with Gasteiger partial charge >= 0.3 is 0 Å². The van der Waals surface area contributed by atoms with Gasteiger partial charge in [0.25, 0.3) is 0 Å². The lowest BCUT2D eigenvalue weighted by Gasteiger charge is -2.19. The Bertz CT molecular complexity index is 470. The van der Waals surface area contributed by atoms with Crippen LogP contribution in [0.2, 0.25) is 0 Å². The number of nitrogens with one attached hydrogen (secondary N) is 1. The fraction of sp³-hybridized carbons (Fsp3) is 0.562. The highest BCUT2D eigenvalue weighted by molar-refractivity contribution is 5.93. The highest BCUT2D eigenvalue weighted by atomic mass is 16.5. The Morgan fingerprint density at radius 2 is 2.00 bits per heavy atom. The van der Waals surface area contributed by atoms with Gasteiger partial charge in [0.15, 0.2) is 0 Å². The molecule has 4 heteroatoms. The zero-order chi connectivity index (χ0) is 15.3. The Hall–Kier alpha value is -1.55. The summed E-state index contributed by atoms with van der Waals surface area (Å²) in [6, 6.07) is 3.86. The van der Waals surface area contributed by atoms with Gasteiger partial charge in [-0.05, 0) is 37.8 Å². The Morgan fingerprint density at radius 1 is 1.35 bits per heavy atom. The first-order chi connectivity index (χ1) is 9.40. The Morgan fingerprint density at radius 3 is 2.50 bits per heavy atom. The molecule has 3 N–H and O–H groups in total. The number of carbonyl (C=O) groups is 1. The standard InChI is InChI=1S/C16H26N2O2/c1-10(2)8-13(9-17)16(19)18-14-7-6-11(3)15(20-5)12(14)4/h6-7,10,13H,8-9,17H2,1-5H3,(H,18,19). The van der Waals surface area contributed by atoms with Crippen LogP contribution in [0.15, 0.2) is 12.1 Å². The monoisotopic (exact) mass is 278 g/mol. The minimum atomic E-state index is -0.151. The number of hydrogen-bond donors (Lipinski definition) is 2. The first-order valence-corrected chi connectivity index (χ1v) is 7.05. The Kier molecular flexibility index (Phi) is 6.02. The zero-order valence-corrected chi connectivity index (χ0v) is 13.1. The van der Waals surface area contributed by atoms with Crippen LogP contribution in [-0.2, 0) is 4.79 Å². The second kappa shape index (κ2) is 7.29. The highest BCUT2D eigenvalue weighted by Gasteiger charge is 2.19. The van der Waals surface area contributed by atoms with Gasteiger partial charge in [0.05, 0.1) is 13.0 Å². The molecule has 1 aromatic carbocycles. The third-order valence-corrected chi connectivity index (χ3v) is 3.48. The van der Waals surface area contributed by atoms with Gasteiger partial charge < -0.3 is 15.8 Å². The van der Waals surface area contributed by atoms with Gasteiger partial charge in [-0.15, -0.1) is 0 Å². The number of amides is 1. The van der Waals surface area contributed by atoms with Crippen LogP contribution in [0.3, 0.4) is 0 Å². The van der Waals surface area contributed by atoms with E-state index in [2.05, 4.69) is 19.2 Å². The van der Waals surface area contributed by atoms with E-state index in [-0.39, 0.29) is 11.8 Å². The van der Waals surface area contributed by atoms with E-state index in [4.69, 9.17) is 10.5 Å². The van der Waals surface area contributed by atoms with E-state index in [0.29, 0.717) is 12.5 Å². The number of aryl methyl sites for hydroxylation is 1. The van der Waals surface area contributed by atoms with Crippen molar-refractivity contribution in [1.29, 1.82) is 0 Å². The molecule has 20 heavy (non-hydrogen) atoms. The van der Waals surface area contributed by atoms with Gasteiger partial charge in [-0.25, -0.2) is 0 Å². The molecule has 0 fully saturated rings. The summed E-state index contributed by atoms with van der Waals surface area (Å²) in [5, 5.41) is 2.97. The van der Waals surface area contributed by atoms with E-state index in [1.165, 1.54) is 0 Å². The molecule has 0 aromatic heterocycles. The van der Waals surface area contributed by atoms with Crippen LogP contribution in [0.4, 0.5) is 5.69 Å². The number of carbonyl (C=O) groups excluding carboxylic acids is 1. The van der Waals surface area contributed by atoms with Gasteiger partial charge in [-0.2, -0.15) is 0 Å². The summed E-state index contributed by atoms with van der Waals surface area (Å²) in [6.45, 7) is 8.48. The molecule has 0 aliphatic carbocycles. The van der Waals surface area contributed by atoms with Crippen LogP contribution in [0.25, 0.3) is 0 Å². The summed E-state index contributed by atoms with van der Waals surface area (Å²) in [6.07, 6.45) is 0.796. The van der Waals surface area contributed by atoms with E-state index in [0.717, 1.165) is 29.0 Å². The van der Waals surface area contributed by atoms with Crippen molar-refractivity contribution in [3.8, 4) is 5.75 Å². The molecular weight excluding hydrogens is 252 g/mol. The zero-order valence-electron chi connectivity index (χ0n) is 13.1. The van der Waals surface area contributed by atoms with E-state index in [9.17, 15) is 4.79 Å². The predicted molar refractivity (Wildman–Crippen MR) is 83.1 cm³/mol. The minimum Gasteiger partial charge on any atom is -0.496 e. The van der Waals surface area contributed by atoms with Crippen molar-refractivity contribution in [2.75, 3.05) is 19.0 Å². The van der Waals surface area contributed by atoms with Crippen LogP contribution in [0, 0.1) is 25.7 Å². The summed E-state index contributed by atoms with van der Waals surface area (Å²) in [5.41, 5.74) is 8.50. The van der Waals surface area contributed by atoms with Gasteiger partial charge in [0, 0.05) is 17.8 Å². The summed E-state index contributed by atoms with van der Waals surface area (Å²) in [5.74, 6) is 1.09. The molecule has 1 atom stereocenters. The molecule has 0 saturated heterocycles. The number of ether oxygens (including phenoxy) is 1. The fourth-order valence-electron chi connectivity index (χ4n) is 2.39. The molecule has 0 spiro atoms. The number of anilines is 1. The normalized spacial score (nSPS) is 12.3. The molecule has 4 nitrogen and oxygen atoms in total. The third-order valence-electron chi connectivity index (χ3n) is 3.48. The number of benzene rings is 1. The average Bonchev–Trinajstić information content (AvgIpc) is 2.39. The van der Waals surface area contributed by atoms with Gasteiger partial charge in [-0.3, -0.25) is 4.79 Å². The lowest BCUT2D eigenvalue weighted by Crippen LogP contribution is -2.30. The van der Waals surface area contributed by atoms with Crippen molar-refractivity contribution in [2.45, 2.75) is 34.1 Å². The summed E-state index contributed by atoms with van der Waals surface area (Å²) >= 11 is 0. The maximum atomic E-state index is 12.3. The maximum absolute atomic E-state index is 12.3. The number of hydrogen-bond acceptors (Lipinski definition) is 3. The quantitative estimate of drug-likeness (QED) is 0.841. The van der Waals surface area contributed by atoms with Crippen molar-refractivity contribution >= 4 is 11.6 Å². The molecule has 0 radical (unpaired) electrons. The van der Waals surface area contributed by atoms with E-state index < -0.39 is 0 Å². The number of rotatable bonds is 6. The molecule has 0 heterocycles. The summed E-state index contributed by atoms with van der Waals surface area (Å²) < 4.78 is 5.37. The Balaban J connectivity index is 2.90. The average molecular weight is 278 g/mol. The molecule has 0 bridgehead atoms. The van der Waals surface area contributed by atoms with Gasteiger partial charge in [0.1, 0.15) is 5.75 Å². The van der Waals surface area contributed by atoms with Crippen molar-refractivity contribution in [1.82, 2.24) is 0 Å². The second-order valence-corrected chi connectivity index (χ2v) is 5.64. The largest absolute Gasteiger partial charge is 0.496 e. The number of methoxy groups -OCH3 is 1. The first kappa shape index (κ1) is 16.5. The minimum absolute atomic E-state index is 0.0183. The predicted octanol–water partition coefficient (Wildman–Crippen LogP) is 2.87. The van der Waals surface area contributed by atoms with Crippen LogP contribution >= 0.6 is 0 Å². The first-order valence-electron chi connectivity index (χ1n) is 7.05. The van der Waals surface area contributed by atoms with Crippen LogP contribution in [-0.4, -0.2) is 19.6 Å². The topological polar surface area (TPSA) is 64.3 Å². The maximum Gasteiger partial charge on any atom is 0.228 e. The van der Waals surface area contributed by atoms with Crippen LogP contribution < -0.4 is 15.8 Å². The second-order valence-electron chi connectivity index (χ2n) is 5.64. The summed E-state index contributed by atoms with van der Waals surface area (Å²) in [7, 11) is 1.64. The number of nitrogens with two attached hydrogens (primary N) is 1. The van der Waals surface area contributed by atoms with Crippen molar-refractivity contribution < 1.29 is 9.53 Å². The molecule has 112 valence electrons. The third kappa shape index (κ3) is 3.97. The molecular formula is C16H26N2O2.